The topological polar surface area (TPSA) is 69.6 Å². The van der Waals surface area contributed by atoms with Crippen LogP contribution in [-0.4, -0.2) is 42.0 Å². The first-order valence-corrected chi connectivity index (χ1v) is 7.20. The predicted octanol–water partition coefficient (Wildman–Crippen LogP) is 1.86. The molecule has 0 fully saturated rings. The van der Waals surface area contributed by atoms with Gasteiger partial charge in [-0.2, -0.15) is 0 Å². The van der Waals surface area contributed by atoms with Crippen molar-refractivity contribution in [2.45, 2.75) is 19.4 Å². The molecule has 0 aromatic heterocycles. The molecule has 6 heteroatoms. The summed E-state index contributed by atoms with van der Waals surface area (Å²) in [7, 11) is 1.75. The minimum Gasteiger partial charge on any atom is -0.481 e. The summed E-state index contributed by atoms with van der Waals surface area (Å²) in [6, 6.07) is 7.77. The Morgan fingerprint density at radius 2 is 2.05 bits per heavy atom. The van der Waals surface area contributed by atoms with Crippen LogP contribution in [0.1, 0.15) is 18.4 Å². The maximum atomic E-state index is 11.9. The molecule has 0 saturated carbocycles. The number of carboxylic acids is 1. The summed E-state index contributed by atoms with van der Waals surface area (Å²) in [5.41, 5.74) is 1.05. The zero-order valence-corrected chi connectivity index (χ0v) is 13.0. The molecule has 1 aromatic carbocycles. The standard InChI is InChI=1S/C14H19BrN2O3/c1-17(10-11-5-2-3-6-12(11)15)13(18)9-16-8-4-7-14(19)20/h2-3,5-6,16H,4,7-10H2,1H3,(H,19,20). The average Bonchev–Trinajstić information content (AvgIpc) is 2.40. The number of amides is 1. The van der Waals surface area contributed by atoms with E-state index in [0.29, 0.717) is 19.5 Å². The lowest BCUT2D eigenvalue weighted by Crippen LogP contribution is -2.35. The van der Waals surface area contributed by atoms with Crippen molar-refractivity contribution in [1.29, 1.82) is 0 Å². The minimum atomic E-state index is -0.816. The van der Waals surface area contributed by atoms with Gasteiger partial charge in [-0.3, -0.25) is 9.59 Å². The number of nitrogens with one attached hydrogen (secondary N) is 1. The normalized spacial score (nSPS) is 10.3. The first-order valence-electron chi connectivity index (χ1n) is 6.40. The highest BCUT2D eigenvalue weighted by molar-refractivity contribution is 9.10. The number of hydrogen-bond acceptors (Lipinski definition) is 3. The molecular formula is C14H19BrN2O3. The Morgan fingerprint density at radius 3 is 2.70 bits per heavy atom. The second-order valence-electron chi connectivity index (χ2n) is 4.52. The van der Waals surface area contributed by atoms with Crippen molar-refractivity contribution in [3.8, 4) is 0 Å². The Hall–Kier alpha value is -1.40. The van der Waals surface area contributed by atoms with Crippen molar-refractivity contribution < 1.29 is 14.7 Å². The Morgan fingerprint density at radius 1 is 1.35 bits per heavy atom. The quantitative estimate of drug-likeness (QED) is 0.707. The molecule has 0 aliphatic heterocycles. The van der Waals surface area contributed by atoms with Crippen LogP contribution in [0, 0.1) is 0 Å². The predicted molar refractivity (Wildman–Crippen MR) is 80.4 cm³/mol. The van der Waals surface area contributed by atoms with E-state index in [-0.39, 0.29) is 18.9 Å². The van der Waals surface area contributed by atoms with E-state index in [0.717, 1.165) is 10.0 Å². The molecule has 1 amide bonds. The third kappa shape index (κ3) is 6.16. The van der Waals surface area contributed by atoms with Crippen molar-refractivity contribution in [3.05, 3.63) is 34.3 Å². The first kappa shape index (κ1) is 16.7. The average molecular weight is 343 g/mol. The van der Waals surface area contributed by atoms with E-state index in [1.807, 2.05) is 24.3 Å². The van der Waals surface area contributed by atoms with E-state index in [1.54, 1.807) is 11.9 Å². The molecular weight excluding hydrogens is 324 g/mol. The third-order valence-corrected chi connectivity index (χ3v) is 3.59. The summed E-state index contributed by atoms with van der Waals surface area (Å²) in [5.74, 6) is -0.833. The molecule has 0 spiro atoms. The largest absolute Gasteiger partial charge is 0.481 e. The number of likely N-dealkylation sites (N-methyl/N-ethyl adjacent to an activating group) is 1. The number of aliphatic carboxylic acids is 1. The van der Waals surface area contributed by atoms with Gasteiger partial charge in [0, 0.05) is 24.5 Å². The molecule has 2 N–H and O–H groups in total. The van der Waals surface area contributed by atoms with Gasteiger partial charge < -0.3 is 15.3 Å². The van der Waals surface area contributed by atoms with Gasteiger partial charge >= 0.3 is 5.97 Å². The van der Waals surface area contributed by atoms with Crippen molar-refractivity contribution in [1.82, 2.24) is 10.2 Å². The number of nitrogens with zero attached hydrogens (tertiary/aromatic N) is 1. The lowest BCUT2D eigenvalue weighted by Gasteiger charge is -2.18. The van der Waals surface area contributed by atoms with E-state index in [1.165, 1.54) is 0 Å². The number of benzene rings is 1. The van der Waals surface area contributed by atoms with Crippen molar-refractivity contribution in [3.63, 3.8) is 0 Å². The molecule has 0 atom stereocenters. The molecule has 5 nitrogen and oxygen atoms in total. The molecule has 20 heavy (non-hydrogen) atoms. The van der Waals surface area contributed by atoms with Crippen LogP contribution >= 0.6 is 15.9 Å². The Labute approximate surface area is 127 Å². The van der Waals surface area contributed by atoms with Crippen LogP contribution < -0.4 is 5.32 Å². The fourth-order valence-corrected chi connectivity index (χ4v) is 2.08. The van der Waals surface area contributed by atoms with Gasteiger partial charge in [0.2, 0.25) is 5.91 Å². The van der Waals surface area contributed by atoms with Crippen LogP contribution in [0.2, 0.25) is 0 Å². The molecule has 0 aliphatic rings. The van der Waals surface area contributed by atoms with Crippen LogP contribution in [0.5, 0.6) is 0 Å². The Kier molecular flexibility index (Phi) is 7.25. The zero-order valence-electron chi connectivity index (χ0n) is 11.4. The lowest BCUT2D eigenvalue weighted by atomic mass is 10.2. The summed E-state index contributed by atoms with van der Waals surface area (Å²) in [6.45, 7) is 1.29. The fourth-order valence-electron chi connectivity index (χ4n) is 1.67. The van der Waals surface area contributed by atoms with Crippen LogP contribution in [0.15, 0.2) is 28.7 Å². The van der Waals surface area contributed by atoms with E-state index < -0.39 is 5.97 Å². The number of halogens is 1. The molecule has 0 unspecified atom stereocenters. The minimum absolute atomic E-state index is 0.0175. The third-order valence-electron chi connectivity index (χ3n) is 2.81. The fraction of sp³-hybridized carbons (Fsp3) is 0.429. The second-order valence-corrected chi connectivity index (χ2v) is 5.37. The molecule has 0 saturated heterocycles. The van der Waals surface area contributed by atoms with E-state index in [2.05, 4.69) is 21.2 Å². The summed E-state index contributed by atoms with van der Waals surface area (Å²) >= 11 is 3.45. The van der Waals surface area contributed by atoms with Gasteiger partial charge in [0.25, 0.3) is 0 Å². The van der Waals surface area contributed by atoms with Gasteiger partial charge in [0.1, 0.15) is 0 Å². The zero-order chi connectivity index (χ0) is 15.0. The van der Waals surface area contributed by atoms with Crippen LogP contribution in [0.3, 0.4) is 0 Å². The van der Waals surface area contributed by atoms with E-state index >= 15 is 0 Å². The highest BCUT2D eigenvalue weighted by Gasteiger charge is 2.10. The highest BCUT2D eigenvalue weighted by atomic mass is 79.9. The van der Waals surface area contributed by atoms with Crippen molar-refractivity contribution in [2.75, 3.05) is 20.1 Å². The molecule has 110 valence electrons. The summed E-state index contributed by atoms with van der Waals surface area (Å²) in [6.07, 6.45) is 0.643. The lowest BCUT2D eigenvalue weighted by molar-refractivity contribution is -0.137. The molecule has 1 aromatic rings. The number of carbonyl (C=O) groups excluding carboxylic acids is 1. The summed E-state index contributed by atoms with van der Waals surface area (Å²) < 4.78 is 0.981. The second kappa shape index (κ2) is 8.71. The number of carbonyl (C=O) groups is 2. The number of carboxylic acid groups (broad SMARTS) is 1. The highest BCUT2D eigenvalue weighted by Crippen LogP contribution is 2.17. The van der Waals surface area contributed by atoms with Crippen molar-refractivity contribution >= 4 is 27.8 Å². The Bertz CT molecular complexity index is 465. The van der Waals surface area contributed by atoms with Crippen molar-refractivity contribution in [2.24, 2.45) is 0 Å². The van der Waals surface area contributed by atoms with Crippen LogP contribution in [0.25, 0.3) is 0 Å². The van der Waals surface area contributed by atoms with Gasteiger partial charge in [-0.1, -0.05) is 34.1 Å². The maximum Gasteiger partial charge on any atom is 0.303 e. The summed E-state index contributed by atoms with van der Waals surface area (Å²) in [5, 5.41) is 11.4. The first-order chi connectivity index (χ1) is 9.50. The molecule has 1 rings (SSSR count). The molecule has 0 heterocycles. The van der Waals surface area contributed by atoms with Gasteiger partial charge in [0.15, 0.2) is 0 Å². The van der Waals surface area contributed by atoms with Gasteiger partial charge in [-0.25, -0.2) is 0 Å². The van der Waals surface area contributed by atoms with Crippen LogP contribution in [-0.2, 0) is 16.1 Å². The summed E-state index contributed by atoms with van der Waals surface area (Å²) in [4.78, 5) is 23.9. The van der Waals surface area contributed by atoms with E-state index in [4.69, 9.17) is 5.11 Å². The molecule has 0 bridgehead atoms. The van der Waals surface area contributed by atoms with Crippen LogP contribution in [0.4, 0.5) is 0 Å². The smallest absolute Gasteiger partial charge is 0.303 e. The number of hydrogen-bond donors (Lipinski definition) is 2. The SMILES string of the molecule is CN(Cc1ccccc1Br)C(=O)CNCCCC(=O)O. The molecule has 0 radical (unpaired) electrons. The van der Waals surface area contributed by atoms with Gasteiger partial charge in [0.05, 0.1) is 6.54 Å². The van der Waals surface area contributed by atoms with Gasteiger partial charge in [-0.15, -0.1) is 0 Å². The van der Waals surface area contributed by atoms with E-state index in [9.17, 15) is 9.59 Å². The Balaban J connectivity index is 2.29. The molecule has 0 aliphatic carbocycles. The maximum absolute atomic E-state index is 11.9. The number of rotatable bonds is 8. The van der Waals surface area contributed by atoms with Gasteiger partial charge in [-0.05, 0) is 24.6 Å². The monoisotopic (exact) mass is 342 g/mol.